The van der Waals surface area contributed by atoms with Gasteiger partial charge in [0, 0.05) is 12.6 Å². The molecule has 1 aromatic heterocycles. The number of benzene rings is 1. The van der Waals surface area contributed by atoms with Crippen LogP contribution in [-0.4, -0.2) is 46.4 Å². The Kier molecular flexibility index (Phi) is 6.73. The molecule has 11 heteroatoms. The number of alkyl halides is 3. The van der Waals surface area contributed by atoms with Gasteiger partial charge in [-0.3, -0.25) is 5.32 Å². The zero-order chi connectivity index (χ0) is 20.9. The van der Waals surface area contributed by atoms with E-state index in [0.717, 1.165) is 17.0 Å². The van der Waals surface area contributed by atoms with Gasteiger partial charge in [0.05, 0.1) is 12.7 Å². The smallest absolute Gasteiger partial charge is 0.416 e. The van der Waals surface area contributed by atoms with Crippen molar-refractivity contribution >= 4 is 11.8 Å². The molecule has 0 saturated carbocycles. The summed E-state index contributed by atoms with van der Waals surface area (Å²) in [6.07, 6.45) is -6.33. The molecular weight excluding hydrogens is 389 g/mol. The third-order valence-corrected chi connectivity index (χ3v) is 3.54. The first-order valence-corrected chi connectivity index (χ1v) is 7.99. The lowest BCUT2D eigenvalue weighted by Crippen LogP contribution is -2.45. The minimum atomic E-state index is -4.84. The molecule has 1 aromatic carbocycles. The van der Waals surface area contributed by atoms with E-state index < -0.39 is 36.5 Å². The number of halogens is 5. The maximum Gasteiger partial charge on any atom is 0.416 e. The summed E-state index contributed by atoms with van der Waals surface area (Å²) >= 11 is 0. The second-order valence-corrected chi connectivity index (χ2v) is 5.58. The molecule has 0 fully saturated rings. The number of likely N-dealkylation sites (N-methyl/N-ethyl adjacent to an activating group) is 1. The number of carbonyl (C=O) groups is 1. The van der Waals surface area contributed by atoms with Crippen LogP contribution in [0, 0.1) is 11.6 Å². The van der Waals surface area contributed by atoms with Gasteiger partial charge in [-0.25, -0.2) is 18.6 Å². The number of aliphatic hydroxyl groups is 1. The Balaban J connectivity index is 1.98. The maximum absolute atomic E-state index is 13.2. The van der Waals surface area contributed by atoms with E-state index in [9.17, 15) is 26.7 Å². The van der Waals surface area contributed by atoms with Crippen LogP contribution >= 0.6 is 0 Å². The van der Waals surface area contributed by atoms with E-state index in [0.29, 0.717) is 0 Å². The number of ether oxygens (including phenoxy) is 1. The number of nitrogens with zero attached hydrogens (tertiary/aromatic N) is 2. The van der Waals surface area contributed by atoms with Gasteiger partial charge in [-0.2, -0.15) is 13.2 Å². The highest BCUT2D eigenvalue weighted by molar-refractivity contribution is 5.88. The van der Waals surface area contributed by atoms with Crippen LogP contribution in [0.2, 0.25) is 0 Å². The number of urea groups is 1. The highest BCUT2D eigenvalue weighted by Gasteiger charge is 2.39. The molecule has 0 aliphatic rings. The standard InChI is InChI=1S/C17H16F5N3O3/c1-2-25(9-14(26)17(20,21)22)16(27)24-15-6-4-11(8-23-15)28-10-3-5-12(18)13(19)7-10/h3-8,14,26H,2,9H2,1H3,(H,23,24,27). The van der Waals surface area contributed by atoms with Crippen molar-refractivity contribution in [2.24, 2.45) is 0 Å². The molecule has 2 aromatic rings. The Hall–Kier alpha value is -2.95. The van der Waals surface area contributed by atoms with Gasteiger partial charge < -0.3 is 14.7 Å². The van der Waals surface area contributed by atoms with Gasteiger partial charge in [-0.15, -0.1) is 0 Å². The summed E-state index contributed by atoms with van der Waals surface area (Å²) in [6.45, 7) is 0.453. The van der Waals surface area contributed by atoms with Gasteiger partial charge >= 0.3 is 12.2 Å². The first-order chi connectivity index (χ1) is 13.1. The average molecular weight is 405 g/mol. The highest BCUT2D eigenvalue weighted by Crippen LogP contribution is 2.24. The van der Waals surface area contributed by atoms with Crippen molar-refractivity contribution in [2.45, 2.75) is 19.2 Å². The van der Waals surface area contributed by atoms with E-state index in [2.05, 4.69) is 10.3 Å². The van der Waals surface area contributed by atoms with E-state index in [1.54, 1.807) is 0 Å². The van der Waals surface area contributed by atoms with Crippen LogP contribution in [0.1, 0.15) is 6.92 Å². The number of hydrogen-bond acceptors (Lipinski definition) is 4. The van der Waals surface area contributed by atoms with Gasteiger partial charge in [-0.1, -0.05) is 0 Å². The van der Waals surface area contributed by atoms with Crippen LogP contribution in [0.5, 0.6) is 11.5 Å². The van der Waals surface area contributed by atoms with E-state index in [-0.39, 0.29) is 23.9 Å². The fraction of sp³-hybridized carbons (Fsp3) is 0.294. The van der Waals surface area contributed by atoms with Crippen molar-refractivity contribution in [3.8, 4) is 11.5 Å². The van der Waals surface area contributed by atoms with Crippen LogP contribution in [0.15, 0.2) is 36.5 Å². The first kappa shape index (κ1) is 21.4. The van der Waals surface area contributed by atoms with Gasteiger partial charge in [0.1, 0.15) is 17.3 Å². The molecule has 2 N–H and O–H groups in total. The van der Waals surface area contributed by atoms with Crippen LogP contribution in [-0.2, 0) is 0 Å². The lowest BCUT2D eigenvalue weighted by molar-refractivity contribution is -0.206. The zero-order valence-corrected chi connectivity index (χ0v) is 14.5. The Labute approximate surface area is 156 Å². The summed E-state index contributed by atoms with van der Waals surface area (Å²) in [5.74, 6) is -1.92. The van der Waals surface area contributed by atoms with Crippen LogP contribution in [0.25, 0.3) is 0 Å². The molecule has 1 unspecified atom stereocenters. The third-order valence-electron chi connectivity index (χ3n) is 3.54. The number of rotatable bonds is 6. The number of carbonyl (C=O) groups excluding carboxylic acids is 1. The summed E-state index contributed by atoms with van der Waals surface area (Å²) in [6, 6.07) is 4.73. The van der Waals surface area contributed by atoms with Crippen molar-refractivity contribution in [2.75, 3.05) is 18.4 Å². The molecule has 1 heterocycles. The zero-order valence-electron chi connectivity index (χ0n) is 14.5. The summed E-state index contributed by atoms with van der Waals surface area (Å²) in [5.41, 5.74) is 0. The van der Waals surface area contributed by atoms with Crippen molar-refractivity contribution in [3.05, 3.63) is 48.2 Å². The molecule has 0 saturated heterocycles. The molecule has 0 spiro atoms. The van der Waals surface area contributed by atoms with Crippen molar-refractivity contribution < 1.29 is 36.6 Å². The SMILES string of the molecule is CCN(CC(O)C(F)(F)F)C(=O)Nc1ccc(Oc2ccc(F)c(F)c2)cn1. The van der Waals surface area contributed by atoms with Crippen molar-refractivity contribution in [1.82, 2.24) is 9.88 Å². The lowest BCUT2D eigenvalue weighted by Gasteiger charge is -2.25. The van der Waals surface area contributed by atoms with Gasteiger partial charge in [-0.05, 0) is 31.2 Å². The summed E-state index contributed by atoms with van der Waals surface area (Å²) in [4.78, 5) is 16.7. The van der Waals surface area contributed by atoms with Gasteiger partial charge in [0.2, 0.25) is 0 Å². The van der Waals surface area contributed by atoms with E-state index in [4.69, 9.17) is 9.84 Å². The quantitative estimate of drug-likeness (QED) is 0.715. The molecule has 0 aliphatic carbocycles. The summed E-state index contributed by atoms with van der Waals surface area (Å²) < 4.78 is 68.6. The first-order valence-electron chi connectivity index (χ1n) is 7.99. The molecule has 152 valence electrons. The number of pyridine rings is 1. The second-order valence-electron chi connectivity index (χ2n) is 5.58. The summed E-state index contributed by atoms with van der Waals surface area (Å²) in [7, 11) is 0. The van der Waals surface area contributed by atoms with Crippen LogP contribution < -0.4 is 10.1 Å². The largest absolute Gasteiger partial charge is 0.456 e. The van der Waals surface area contributed by atoms with Gasteiger partial charge in [0.15, 0.2) is 17.7 Å². The van der Waals surface area contributed by atoms with Gasteiger partial charge in [0.25, 0.3) is 0 Å². The molecule has 2 rings (SSSR count). The third kappa shape index (κ3) is 5.78. The molecule has 6 nitrogen and oxygen atoms in total. The normalized spacial score (nSPS) is 12.4. The fourth-order valence-corrected chi connectivity index (χ4v) is 2.05. The van der Waals surface area contributed by atoms with Crippen molar-refractivity contribution in [3.63, 3.8) is 0 Å². The van der Waals surface area contributed by atoms with E-state index in [1.165, 1.54) is 31.3 Å². The topological polar surface area (TPSA) is 74.7 Å². The maximum atomic E-state index is 13.2. The number of amides is 2. The number of nitrogens with one attached hydrogen (secondary N) is 1. The average Bonchev–Trinajstić information content (AvgIpc) is 2.63. The minimum Gasteiger partial charge on any atom is -0.456 e. The Morgan fingerprint density at radius 3 is 2.43 bits per heavy atom. The molecule has 0 radical (unpaired) electrons. The molecular formula is C17H16F5N3O3. The second kappa shape index (κ2) is 8.83. The minimum absolute atomic E-state index is 0.0163. The Bertz CT molecular complexity index is 815. The number of aliphatic hydroxyl groups excluding tert-OH is 1. The molecule has 0 bridgehead atoms. The molecule has 0 aliphatic heterocycles. The molecule has 2 amide bonds. The van der Waals surface area contributed by atoms with Crippen molar-refractivity contribution in [1.29, 1.82) is 0 Å². The number of anilines is 1. The predicted octanol–water partition coefficient (Wildman–Crippen LogP) is 3.93. The lowest BCUT2D eigenvalue weighted by atomic mass is 10.3. The van der Waals surface area contributed by atoms with Crippen LogP contribution in [0.4, 0.5) is 32.6 Å². The number of aromatic nitrogens is 1. The molecule has 1 atom stereocenters. The fourth-order valence-electron chi connectivity index (χ4n) is 2.05. The Morgan fingerprint density at radius 1 is 1.21 bits per heavy atom. The highest BCUT2D eigenvalue weighted by atomic mass is 19.4. The number of hydrogen-bond donors (Lipinski definition) is 2. The monoisotopic (exact) mass is 405 g/mol. The molecule has 28 heavy (non-hydrogen) atoms. The predicted molar refractivity (Wildman–Crippen MR) is 89.0 cm³/mol. The summed E-state index contributed by atoms with van der Waals surface area (Å²) in [5, 5.41) is 11.4. The van der Waals surface area contributed by atoms with E-state index in [1.807, 2.05) is 0 Å². The Morgan fingerprint density at radius 2 is 1.89 bits per heavy atom. The van der Waals surface area contributed by atoms with E-state index >= 15 is 0 Å². The van der Waals surface area contributed by atoms with Crippen LogP contribution in [0.3, 0.4) is 0 Å².